The molecule has 1 fully saturated rings. The number of thiophene rings is 1. The summed E-state index contributed by atoms with van der Waals surface area (Å²) in [5.74, 6) is 0.781. The van der Waals surface area contributed by atoms with Crippen molar-refractivity contribution in [2.24, 2.45) is 11.3 Å². The largest absolute Gasteiger partial charge is 0.313 e. The van der Waals surface area contributed by atoms with Crippen LogP contribution in [0.4, 0.5) is 0 Å². The van der Waals surface area contributed by atoms with E-state index in [1.165, 1.54) is 37.0 Å². The van der Waals surface area contributed by atoms with Gasteiger partial charge in [0, 0.05) is 10.9 Å². The molecule has 1 aromatic heterocycles. The summed E-state index contributed by atoms with van der Waals surface area (Å²) in [7, 11) is 0. The highest BCUT2D eigenvalue weighted by Gasteiger charge is 2.37. The van der Waals surface area contributed by atoms with Crippen molar-refractivity contribution in [3.05, 3.63) is 21.3 Å². The van der Waals surface area contributed by atoms with Crippen molar-refractivity contribution in [3.63, 3.8) is 0 Å². The van der Waals surface area contributed by atoms with Gasteiger partial charge in [0.25, 0.3) is 0 Å². The van der Waals surface area contributed by atoms with Gasteiger partial charge in [-0.05, 0) is 55.7 Å². The Hall–Kier alpha value is -0.0500. The van der Waals surface area contributed by atoms with Gasteiger partial charge in [-0.25, -0.2) is 0 Å². The molecular weight excluding hydrogens is 286 g/mol. The van der Waals surface area contributed by atoms with Crippen molar-refractivity contribution < 1.29 is 0 Å². The third-order valence-electron chi connectivity index (χ3n) is 4.78. The fourth-order valence-electron chi connectivity index (χ4n) is 3.63. The Kier molecular flexibility index (Phi) is 5.95. The number of hydrogen-bond acceptors (Lipinski definition) is 2. The van der Waals surface area contributed by atoms with Gasteiger partial charge < -0.3 is 5.32 Å². The van der Waals surface area contributed by atoms with Gasteiger partial charge in [-0.1, -0.05) is 45.2 Å². The summed E-state index contributed by atoms with van der Waals surface area (Å²) in [5.41, 5.74) is 0.463. The Bertz CT molecular complexity index is 413. The molecule has 2 rings (SSSR count). The highest BCUT2D eigenvalue weighted by atomic mass is 35.5. The van der Waals surface area contributed by atoms with E-state index in [9.17, 15) is 0 Å². The zero-order valence-electron chi connectivity index (χ0n) is 13.0. The molecule has 1 heterocycles. The van der Waals surface area contributed by atoms with E-state index in [-0.39, 0.29) is 0 Å². The van der Waals surface area contributed by atoms with Crippen molar-refractivity contribution in [1.29, 1.82) is 0 Å². The molecule has 0 aromatic carbocycles. The van der Waals surface area contributed by atoms with E-state index in [4.69, 9.17) is 11.6 Å². The van der Waals surface area contributed by atoms with E-state index in [1.54, 1.807) is 11.3 Å². The fourth-order valence-corrected chi connectivity index (χ4v) is 4.78. The van der Waals surface area contributed by atoms with Crippen molar-refractivity contribution in [3.8, 4) is 0 Å². The van der Waals surface area contributed by atoms with Gasteiger partial charge >= 0.3 is 0 Å². The standard InChI is InChI=1S/C17H28ClNS/c1-4-11-19-15(12-13-8-9-16(18)20-13)14-7-5-6-10-17(14,2)3/h8-9,14-15,19H,4-7,10-12H2,1-3H3. The first-order chi connectivity index (χ1) is 9.53. The molecule has 0 bridgehead atoms. The first-order valence-corrected chi connectivity index (χ1v) is 9.20. The van der Waals surface area contributed by atoms with Crippen LogP contribution in [-0.4, -0.2) is 12.6 Å². The molecule has 1 saturated carbocycles. The molecule has 1 aliphatic carbocycles. The maximum absolute atomic E-state index is 6.09. The summed E-state index contributed by atoms with van der Waals surface area (Å²) < 4.78 is 0.914. The van der Waals surface area contributed by atoms with Crippen LogP contribution in [0.1, 0.15) is 57.8 Å². The van der Waals surface area contributed by atoms with Gasteiger partial charge in [-0.15, -0.1) is 11.3 Å². The number of nitrogens with one attached hydrogen (secondary N) is 1. The van der Waals surface area contributed by atoms with E-state index in [1.807, 2.05) is 6.07 Å². The van der Waals surface area contributed by atoms with Crippen molar-refractivity contribution in [2.75, 3.05) is 6.54 Å². The molecule has 114 valence electrons. The molecule has 1 N–H and O–H groups in total. The lowest BCUT2D eigenvalue weighted by Crippen LogP contribution is -2.46. The smallest absolute Gasteiger partial charge is 0.0931 e. The zero-order valence-corrected chi connectivity index (χ0v) is 14.6. The van der Waals surface area contributed by atoms with Gasteiger partial charge in [-0.3, -0.25) is 0 Å². The first-order valence-electron chi connectivity index (χ1n) is 8.00. The second kappa shape index (κ2) is 7.29. The van der Waals surface area contributed by atoms with E-state index < -0.39 is 0 Å². The summed E-state index contributed by atoms with van der Waals surface area (Å²) in [6.45, 7) is 8.28. The number of hydrogen-bond donors (Lipinski definition) is 1. The van der Waals surface area contributed by atoms with Crippen LogP contribution in [0.2, 0.25) is 4.34 Å². The quantitative estimate of drug-likeness (QED) is 0.728. The molecule has 1 nitrogen and oxygen atoms in total. The third-order valence-corrected chi connectivity index (χ3v) is 6.04. The van der Waals surface area contributed by atoms with Crippen LogP contribution in [-0.2, 0) is 6.42 Å². The Morgan fingerprint density at radius 1 is 1.40 bits per heavy atom. The monoisotopic (exact) mass is 313 g/mol. The van der Waals surface area contributed by atoms with Crippen LogP contribution in [0, 0.1) is 11.3 Å². The van der Waals surface area contributed by atoms with Gasteiger partial charge in [0.2, 0.25) is 0 Å². The van der Waals surface area contributed by atoms with Crippen LogP contribution >= 0.6 is 22.9 Å². The summed E-state index contributed by atoms with van der Waals surface area (Å²) in [5, 5.41) is 3.82. The second-order valence-electron chi connectivity index (χ2n) is 6.81. The summed E-state index contributed by atoms with van der Waals surface area (Å²) in [6, 6.07) is 4.83. The van der Waals surface area contributed by atoms with Gasteiger partial charge in [0.05, 0.1) is 4.34 Å². The minimum Gasteiger partial charge on any atom is -0.313 e. The lowest BCUT2D eigenvalue weighted by molar-refractivity contribution is 0.0984. The highest BCUT2D eigenvalue weighted by molar-refractivity contribution is 7.16. The average molecular weight is 314 g/mol. The minimum atomic E-state index is 0.463. The van der Waals surface area contributed by atoms with Crippen molar-refractivity contribution in [2.45, 2.75) is 65.3 Å². The molecule has 0 spiro atoms. The minimum absolute atomic E-state index is 0.463. The molecule has 2 unspecified atom stereocenters. The predicted octanol–water partition coefficient (Wildman–Crippen LogP) is 5.53. The summed E-state index contributed by atoms with van der Waals surface area (Å²) in [6.07, 6.45) is 7.86. The molecule has 3 heteroatoms. The summed E-state index contributed by atoms with van der Waals surface area (Å²) >= 11 is 7.83. The number of halogens is 1. The van der Waals surface area contributed by atoms with E-state index in [0.29, 0.717) is 11.5 Å². The average Bonchev–Trinajstić information content (AvgIpc) is 2.80. The maximum Gasteiger partial charge on any atom is 0.0931 e. The molecule has 1 aromatic rings. The lowest BCUT2D eigenvalue weighted by atomic mass is 9.65. The van der Waals surface area contributed by atoms with Crippen LogP contribution in [0.5, 0.6) is 0 Å². The van der Waals surface area contributed by atoms with Crippen molar-refractivity contribution >= 4 is 22.9 Å². The van der Waals surface area contributed by atoms with Gasteiger partial charge in [-0.2, -0.15) is 0 Å². The van der Waals surface area contributed by atoms with Gasteiger partial charge in [0.1, 0.15) is 0 Å². The van der Waals surface area contributed by atoms with E-state index in [2.05, 4.69) is 32.2 Å². The molecule has 0 aliphatic heterocycles. The molecule has 20 heavy (non-hydrogen) atoms. The normalized spacial score (nSPS) is 23.7. The van der Waals surface area contributed by atoms with Crippen molar-refractivity contribution in [1.82, 2.24) is 5.32 Å². The number of rotatable bonds is 6. The van der Waals surface area contributed by atoms with Gasteiger partial charge in [0.15, 0.2) is 0 Å². The van der Waals surface area contributed by atoms with Crippen LogP contribution in [0.3, 0.4) is 0 Å². The molecule has 0 radical (unpaired) electrons. The Balaban J connectivity index is 2.09. The van der Waals surface area contributed by atoms with Crippen LogP contribution < -0.4 is 5.32 Å². The Morgan fingerprint density at radius 2 is 2.20 bits per heavy atom. The molecule has 0 amide bonds. The van der Waals surface area contributed by atoms with E-state index in [0.717, 1.165) is 23.2 Å². The highest BCUT2D eigenvalue weighted by Crippen LogP contribution is 2.43. The molecule has 2 atom stereocenters. The Labute approximate surface area is 133 Å². The van der Waals surface area contributed by atoms with E-state index >= 15 is 0 Å². The lowest BCUT2D eigenvalue weighted by Gasteiger charge is -2.43. The summed E-state index contributed by atoms with van der Waals surface area (Å²) in [4.78, 5) is 1.42. The molecular formula is C17H28ClNS. The van der Waals surface area contributed by atoms with Crippen LogP contribution in [0.25, 0.3) is 0 Å². The third kappa shape index (κ3) is 4.22. The second-order valence-corrected chi connectivity index (χ2v) is 8.61. The topological polar surface area (TPSA) is 12.0 Å². The fraction of sp³-hybridized carbons (Fsp3) is 0.765. The SMILES string of the molecule is CCCNC(Cc1ccc(Cl)s1)C1CCCCC1(C)C. The zero-order chi connectivity index (χ0) is 14.6. The predicted molar refractivity (Wildman–Crippen MR) is 90.9 cm³/mol. The molecule has 1 aliphatic rings. The first kappa shape index (κ1) is 16.3. The Morgan fingerprint density at radius 3 is 2.80 bits per heavy atom. The molecule has 0 saturated heterocycles. The maximum atomic E-state index is 6.09. The van der Waals surface area contributed by atoms with Crippen LogP contribution in [0.15, 0.2) is 12.1 Å².